The SMILES string of the molecule is CCOC(=O)C[C@H](C#N)c1ccc(F)cc1. The number of nitrogens with zero attached hydrogens (tertiary/aromatic N) is 1. The summed E-state index contributed by atoms with van der Waals surface area (Å²) in [7, 11) is 0. The molecule has 0 unspecified atom stereocenters. The van der Waals surface area contributed by atoms with Crippen LogP contribution in [-0.2, 0) is 9.53 Å². The van der Waals surface area contributed by atoms with Crippen LogP contribution in [0.2, 0.25) is 0 Å². The number of hydrogen-bond donors (Lipinski definition) is 0. The van der Waals surface area contributed by atoms with Crippen molar-refractivity contribution in [1.82, 2.24) is 0 Å². The molecule has 84 valence electrons. The minimum absolute atomic E-state index is 0.00400. The molecule has 3 nitrogen and oxygen atoms in total. The molecule has 0 N–H and O–H groups in total. The zero-order valence-electron chi connectivity index (χ0n) is 8.94. The first-order chi connectivity index (χ1) is 7.67. The fraction of sp³-hybridized carbons (Fsp3) is 0.333. The highest BCUT2D eigenvalue weighted by atomic mass is 19.1. The zero-order valence-corrected chi connectivity index (χ0v) is 8.94. The lowest BCUT2D eigenvalue weighted by Crippen LogP contribution is -2.09. The van der Waals surface area contributed by atoms with Crippen LogP contribution in [0.25, 0.3) is 0 Å². The Morgan fingerprint density at radius 3 is 2.62 bits per heavy atom. The van der Waals surface area contributed by atoms with Gasteiger partial charge in [-0.3, -0.25) is 4.79 Å². The molecule has 0 saturated heterocycles. The smallest absolute Gasteiger partial charge is 0.307 e. The first-order valence-corrected chi connectivity index (χ1v) is 4.98. The molecule has 0 radical (unpaired) electrons. The van der Waals surface area contributed by atoms with Crippen LogP contribution in [0.15, 0.2) is 24.3 Å². The summed E-state index contributed by atoms with van der Waals surface area (Å²) < 4.78 is 17.4. The minimum atomic E-state index is -0.584. The Kier molecular flexibility index (Phi) is 4.46. The van der Waals surface area contributed by atoms with Crippen molar-refractivity contribution in [3.63, 3.8) is 0 Å². The lowest BCUT2D eigenvalue weighted by atomic mass is 9.97. The van der Waals surface area contributed by atoms with E-state index in [1.165, 1.54) is 24.3 Å². The highest BCUT2D eigenvalue weighted by molar-refractivity contribution is 5.71. The topological polar surface area (TPSA) is 50.1 Å². The second-order valence-electron chi connectivity index (χ2n) is 3.24. The van der Waals surface area contributed by atoms with Crippen molar-refractivity contribution >= 4 is 5.97 Å². The number of carbonyl (C=O) groups excluding carboxylic acids is 1. The first-order valence-electron chi connectivity index (χ1n) is 4.98. The number of nitriles is 1. The Morgan fingerprint density at radius 2 is 2.12 bits per heavy atom. The molecule has 0 heterocycles. The maximum atomic E-state index is 12.7. The van der Waals surface area contributed by atoms with Gasteiger partial charge in [-0.15, -0.1) is 0 Å². The maximum absolute atomic E-state index is 12.7. The molecule has 0 aliphatic rings. The summed E-state index contributed by atoms with van der Waals surface area (Å²) in [4.78, 5) is 11.2. The largest absolute Gasteiger partial charge is 0.466 e. The molecule has 1 aromatic carbocycles. The molecule has 0 bridgehead atoms. The summed E-state index contributed by atoms with van der Waals surface area (Å²) in [6.45, 7) is 2.00. The number of halogens is 1. The lowest BCUT2D eigenvalue weighted by Gasteiger charge is -2.08. The summed E-state index contributed by atoms with van der Waals surface area (Å²) in [5.41, 5.74) is 0.622. The number of carbonyl (C=O) groups is 1. The van der Waals surface area contributed by atoms with E-state index in [1.807, 2.05) is 6.07 Å². The Morgan fingerprint density at radius 1 is 1.50 bits per heavy atom. The quantitative estimate of drug-likeness (QED) is 0.733. The normalized spacial score (nSPS) is 11.6. The van der Waals surface area contributed by atoms with Gasteiger partial charge < -0.3 is 4.74 Å². The number of benzene rings is 1. The molecule has 0 spiro atoms. The highest BCUT2D eigenvalue weighted by Crippen LogP contribution is 2.19. The Balaban J connectivity index is 2.72. The van der Waals surface area contributed by atoms with Gasteiger partial charge >= 0.3 is 5.97 Å². The third-order valence-corrected chi connectivity index (χ3v) is 2.10. The second kappa shape index (κ2) is 5.86. The van der Waals surface area contributed by atoms with Gasteiger partial charge in [0.2, 0.25) is 0 Å². The zero-order chi connectivity index (χ0) is 12.0. The Bertz CT molecular complexity index is 394. The maximum Gasteiger partial charge on any atom is 0.307 e. The average molecular weight is 221 g/mol. The van der Waals surface area contributed by atoms with E-state index in [1.54, 1.807) is 6.92 Å². The molecule has 0 saturated carbocycles. The van der Waals surface area contributed by atoms with Crippen LogP contribution in [-0.4, -0.2) is 12.6 Å². The molecule has 1 aromatic rings. The van der Waals surface area contributed by atoms with Crippen molar-refractivity contribution < 1.29 is 13.9 Å². The molecular weight excluding hydrogens is 209 g/mol. The average Bonchev–Trinajstić information content (AvgIpc) is 2.27. The van der Waals surface area contributed by atoms with E-state index < -0.39 is 11.9 Å². The summed E-state index contributed by atoms with van der Waals surface area (Å²) >= 11 is 0. The third-order valence-electron chi connectivity index (χ3n) is 2.10. The van der Waals surface area contributed by atoms with Crippen LogP contribution >= 0.6 is 0 Å². The lowest BCUT2D eigenvalue weighted by molar-refractivity contribution is -0.143. The minimum Gasteiger partial charge on any atom is -0.466 e. The molecule has 1 rings (SSSR count). The van der Waals surface area contributed by atoms with Crippen LogP contribution in [0, 0.1) is 17.1 Å². The van der Waals surface area contributed by atoms with Crippen molar-refractivity contribution in [1.29, 1.82) is 5.26 Å². The van der Waals surface area contributed by atoms with Crippen LogP contribution in [0.1, 0.15) is 24.8 Å². The van der Waals surface area contributed by atoms with Crippen LogP contribution < -0.4 is 0 Å². The molecule has 0 aliphatic heterocycles. The van der Waals surface area contributed by atoms with Crippen molar-refractivity contribution in [3.05, 3.63) is 35.6 Å². The Hall–Kier alpha value is -1.89. The van der Waals surface area contributed by atoms with Crippen LogP contribution in [0.5, 0.6) is 0 Å². The van der Waals surface area contributed by atoms with Crippen molar-refractivity contribution in [2.45, 2.75) is 19.3 Å². The molecule has 0 fully saturated rings. The van der Waals surface area contributed by atoms with Crippen molar-refractivity contribution in [2.75, 3.05) is 6.61 Å². The Labute approximate surface area is 93.5 Å². The summed E-state index contributed by atoms with van der Waals surface area (Å²) in [5, 5.41) is 8.91. The standard InChI is InChI=1S/C12H12FNO2/c1-2-16-12(15)7-10(8-14)9-3-5-11(13)6-4-9/h3-6,10H,2,7H2,1H3/t10-/m1/s1. The van der Waals surface area contributed by atoms with E-state index in [0.29, 0.717) is 12.2 Å². The monoisotopic (exact) mass is 221 g/mol. The highest BCUT2D eigenvalue weighted by Gasteiger charge is 2.16. The summed E-state index contributed by atoms with van der Waals surface area (Å²) in [6.07, 6.45) is -0.00400. The predicted molar refractivity (Wildman–Crippen MR) is 56.0 cm³/mol. The number of ether oxygens (including phenoxy) is 1. The van der Waals surface area contributed by atoms with Gasteiger partial charge in [0, 0.05) is 0 Å². The fourth-order valence-electron chi connectivity index (χ4n) is 1.32. The van der Waals surface area contributed by atoms with E-state index in [4.69, 9.17) is 10.00 Å². The van der Waals surface area contributed by atoms with Gasteiger partial charge in [-0.2, -0.15) is 5.26 Å². The van der Waals surface area contributed by atoms with Crippen molar-refractivity contribution in [3.8, 4) is 6.07 Å². The fourth-order valence-corrected chi connectivity index (χ4v) is 1.32. The van der Waals surface area contributed by atoms with Gasteiger partial charge in [-0.1, -0.05) is 12.1 Å². The molecule has 16 heavy (non-hydrogen) atoms. The van der Waals surface area contributed by atoms with Crippen LogP contribution in [0.4, 0.5) is 4.39 Å². The van der Waals surface area contributed by atoms with Crippen LogP contribution in [0.3, 0.4) is 0 Å². The molecular formula is C12H12FNO2. The van der Waals surface area contributed by atoms with E-state index >= 15 is 0 Å². The van der Waals surface area contributed by atoms with E-state index in [2.05, 4.69) is 0 Å². The van der Waals surface area contributed by atoms with Gasteiger partial charge in [-0.25, -0.2) is 4.39 Å². The second-order valence-corrected chi connectivity index (χ2v) is 3.24. The van der Waals surface area contributed by atoms with E-state index in [0.717, 1.165) is 0 Å². The third kappa shape index (κ3) is 3.35. The molecule has 0 aromatic heterocycles. The molecule has 0 amide bonds. The predicted octanol–water partition coefficient (Wildman–Crippen LogP) is 2.39. The van der Waals surface area contributed by atoms with E-state index in [-0.39, 0.29) is 12.2 Å². The molecule has 4 heteroatoms. The van der Waals surface area contributed by atoms with E-state index in [9.17, 15) is 9.18 Å². The molecule has 0 aliphatic carbocycles. The summed E-state index contributed by atoms with van der Waals surface area (Å²) in [6, 6.07) is 7.55. The van der Waals surface area contributed by atoms with Crippen molar-refractivity contribution in [2.24, 2.45) is 0 Å². The number of rotatable bonds is 4. The van der Waals surface area contributed by atoms with Gasteiger partial charge in [-0.05, 0) is 24.6 Å². The van der Waals surface area contributed by atoms with Gasteiger partial charge in [0.25, 0.3) is 0 Å². The molecule has 1 atom stereocenters. The van der Waals surface area contributed by atoms with Gasteiger partial charge in [0.15, 0.2) is 0 Å². The van der Waals surface area contributed by atoms with Gasteiger partial charge in [0.1, 0.15) is 5.82 Å². The van der Waals surface area contributed by atoms with Gasteiger partial charge in [0.05, 0.1) is 25.0 Å². The number of esters is 1. The summed E-state index contributed by atoms with van der Waals surface area (Å²) in [5.74, 6) is -1.37. The number of hydrogen-bond acceptors (Lipinski definition) is 3. The first kappa shape index (κ1) is 12.2.